The van der Waals surface area contributed by atoms with Crippen LogP contribution in [0.3, 0.4) is 0 Å². The van der Waals surface area contributed by atoms with Crippen molar-refractivity contribution in [3.63, 3.8) is 0 Å². The minimum absolute atomic E-state index is 0.197. The molecular weight excluding hydrogens is 288 g/mol. The first-order chi connectivity index (χ1) is 11.1. The summed E-state index contributed by atoms with van der Waals surface area (Å²) in [5, 5.41) is 4.63. The van der Waals surface area contributed by atoms with Crippen LogP contribution in [0.25, 0.3) is 33.5 Å². The van der Waals surface area contributed by atoms with E-state index in [9.17, 15) is 4.79 Å². The summed E-state index contributed by atoms with van der Waals surface area (Å²) in [5.74, 6) is 0. The van der Waals surface area contributed by atoms with E-state index in [1.807, 2.05) is 61.1 Å². The van der Waals surface area contributed by atoms with Gasteiger partial charge < -0.3 is 9.97 Å². The monoisotopic (exact) mass is 304 g/mol. The van der Waals surface area contributed by atoms with Crippen molar-refractivity contribution in [1.29, 1.82) is 0 Å². The molecule has 0 saturated carbocycles. The largest absolute Gasteiger partial charge is 0.323 e. The molecule has 23 heavy (non-hydrogen) atoms. The Morgan fingerprint density at radius 3 is 2.61 bits per heavy atom. The highest BCUT2D eigenvalue weighted by Gasteiger charge is 2.15. The molecule has 5 nitrogen and oxygen atoms in total. The van der Waals surface area contributed by atoms with E-state index >= 15 is 0 Å². The van der Waals surface area contributed by atoms with Gasteiger partial charge in [-0.25, -0.2) is 4.79 Å². The summed E-state index contributed by atoms with van der Waals surface area (Å²) in [4.78, 5) is 17.4. The number of fused-ring (bicyclic) bond motifs is 1. The van der Waals surface area contributed by atoms with E-state index in [-0.39, 0.29) is 5.69 Å². The highest BCUT2D eigenvalue weighted by Crippen LogP contribution is 2.32. The van der Waals surface area contributed by atoms with Crippen molar-refractivity contribution >= 4 is 11.0 Å². The zero-order valence-electron chi connectivity index (χ0n) is 12.9. The molecule has 2 aromatic carbocycles. The number of aromatic amines is 2. The van der Waals surface area contributed by atoms with Crippen LogP contribution in [0.2, 0.25) is 0 Å². The van der Waals surface area contributed by atoms with Crippen molar-refractivity contribution in [2.24, 2.45) is 7.05 Å². The van der Waals surface area contributed by atoms with E-state index in [1.54, 1.807) is 0 Å². The Morgan fingerprint density at radius 1 is 1.04 bits per heavy atom. The first-order valence-electron chi connectivity index (χ1n) is 7.45. The molecule has 114 valence electrons. The fraction of sp³-hybridized carbons (Fsp3) is 0.111. The molecule has 0 bridgehead atoms. The predicted octanol–water partition coefficient (Wildman–Crippen LogP) is 3.23. The average Bonchev–Trinajstić information content (AvgIpc) is 3.11. The summed E-state index contributed by atoms with van der Waals surface area (Å²) in [5.41, 5.74) is 6.47. The lowest BCUT2D eigenvalue weighted by atomic mass is 10.0. The third-order valence-electron chi connectivity index (χ3n) is 4.11. The molecular formula is C18H16N4O. The quantitative estimate of drug-likeness (QED) is 0.597. The molecule has 0 spiro atoms. The van der Waals surface area contributed by atoms with Gasteiger partial charge in [0.2, 0.25) is 0 Å². The highest BCUT2D eigenvalue weighted by atomic mass is 16.1. The second-order valence-corrected chi connectivity index (χ2v) is 5.66. The van der Waals surface area contributed by atoms with E-state index in [0.717, 1.165) is 39.1 Å². The minimum atomic E-state index is -0.197. The molecule has 0 unspecified atom stereocenters. The lowest BCUT2D eigenvalue weighted by Crippen LogP contribution is -2.00. The third-order valence-corrected chi connectivity index (χ3v) is 4.11. The molecule has 0 atom stereocenters. The maximum atomic E-state index is 11.7. The normalized spacial score (nSPS) is 11.2. The van der Waals surface area contributed by atoms with Crippen molar-refractivity contribution in [1.82, 2.24) is 19.7 Å². The van der Waals surface area contributed by atoms with Crippen molar-refractivity contribution in [2.75, 3.05) is 0 Å². The van der Waals surface area contributed by atoms with Crippen LogP contribution in [-0.2, 0) is 7.05 Å². The topological polar surface area (TPSA) is 66.5 Å². The SMILES string of the molecule is Cc1ccc2[nH]c(=O)[nH]c2c1-c1cc(-c2ccccc2)nn1C. The van der Waals surface area contributed by atoms with Gasteiger partial charge >= 0.3 is 5.69 Å². The van der Waals surface area contributed by atoms with Crippen LogP contribution < -0.4 is 5.69 Å². The third kappa shape index (κ3) is 2.17. The molecule has 0 aliphatic heterocycles. The van der Waals surface area contributed by atoms with Crippen molar-refractivity contribution in [3.05, 3.63) is 64.6 Å². The van der Waals surface area contributed by atoms with Gasteiger partial charge in [-0.3, -0.25) is 4.68 Å². The van der Waals surface area contributed by atoms with E-state index < -0.39 is 0 Å². The lowest BCUT2D eigenvalue weighted by Gasteiger charge is -2.07. The molecule has 0 amide bonds. The van der Waals surface area contributed by atoms with Crippen LogP contribution in [0, 0.1) is 6.92 Å². The number of H-pyrrole nitrogens is 2. The highest BCUT2D eigenvalue weighted by molar-refractivity contribution is 5.93. The van der Waals surface area contributed by atoms with Gasteiger partial charge in [-0.2, -0.15) is 5.10 Å². The lowest BCUT2D eigenvalue weighted by molar-refractivity contribution is 0.779. The number of benzene rings is 2. The Morgan fingerprint density at radius 2 is 1.83 bits per heavy atom. The van der Waals surface area contributed by atoms with Gasteiger partial charge in [-0.15, -0.1) is 0 Å². The molecule has 5 heteroatoms. The Balaban J connectivity index is 1.97. The number of rotatable bonds is 2. The Bertz CT molecular complexity index is 1050. The van der Waals surface area contributed by atoms with Crippen LogP contribution in [0.5, 0.6) is 0 Å². The first-order valence-corrected chi connectivity index (χ1v) is 7.45. The van der Waals surface area contributed by atoms with Gasteiger partial charge in [0, 0.05) is 18.2 Å². The van der Waals surface area contributed by atoms with Crippen LogP contribution in [0.15, 0.2) is 53.3 Å². The van der Waals surface area contributed by atoms with Crippen LogP contribution in [0.4, 0.5) is 0 Å². The number of aromatic nitrogens is 4. The van der Waals surface area contributed by atoms with Gasteiger partial charge in [0.25, 0.3) is 0 Å². The second kappa shape index (κ2) is 4.98. The Hall–Kier alpha value is -3.08. The number of nitrogens with one attached hydrogen (secondary N) is 2. The molecule has 0 aliphatic carbocycles. The van der Waals surface area contributed by atoms with Crippen LogP contribution in [0.1, 0.15) is 5.56 Å². The van der Waals surface area contributed by atoms with Crippen molar-refractivity contribution in [2.45, 2.75) is 6.92 Å². The second-order valence-electron chi connectivity index (χ2n) is 5.66. The molecule has 2 N–H and O–H groups in total. The van der Waals surface area contributed by atoms with Gasteiger partial charge in [-0.05, 0) is 24.6 Å². The van der Waals surface area contributed by atoms with Gasteiger partial charge in [0.1, 0.15) is 0 Å². The van der Waals surface area contributed by atoms with E-state index in [4.69, 9.17) is 0 Å². The summed E-state index contributed by atoms with van der Waals surface area (Å²) in [6.45, 7) is 2.04. The fourth-order valence-corrected chi connectivity index (χ4v) is 2.99. The van der Waals surface area contributed by atoms with Crippen LogP contribution in [-0.4, -0.2) is 19.7 Å². The summed E-state index contributed by atoms with van der Waals surface area (Å²) >= 11 is 0. The number of hydrogen-bond acceptors (Lipinski definition) is 2. The summed E-state index contributed by atoms with van der Waals surface area (Å²) in [6.07, 6.45) is 0. The Kier molecular flexibility index (Phi) is 2.94. The molecule has 0 radical (unpaired) electrons. The van der Waals surface area contributed by atoms with E-state index in [1.165, 1.54) is 0 Å². The number of nitrogens with zero attached hydrogens (tertiary/aromatic N) is 2. The molecule has 0 aliphatic rings. The number of imidazole rings is 1. The predicted molar refractivity (Wildman–Crippen MR) is 91.3 cm³/mol. The molecule has 0 saturated heterocycles. The van der Waals surface area contributed by atoms with Gasteiger partial charge in [0.15, 0.2) is 0 Å². The maximum Gasteiger partial charge on any atom is 0.323 e. The summed E-state index contributed by atoms with van der Waals surface area (Å²) in [7, 11) is 1.92. The maximum absolute atomic E-state index is 11.7. The smallest absolute Gasteiger partial charge is 0.306 e. The molecule has 2 heterocycles. The van der Waals surface area contributed by atoms with Crippen LogP contribution >= 0.6 is 0 Å². The first kappa shape index (κ1) is 13.6. The molecule has 2 aromatic heterocycles. The summed E-state index contributed by atoms with van der Waals surface area (Å²) in [6, 6.07) is 16.1. The van der Waals surface area contributed by atoms with Gasteiger partial charge in [0.05, 0.1) is 22.4 Å². The zero-order valence-corrected chi connectivity index (χ0v) is 12.9. The Labute approximate surface area is 132 Å². The molecule has 4 rings (SSSR count). The van der Waals surface area contributed by atoms with E-state index in [2.05, 4.69) is 21.1 Å². The van der Waals surface area contributed by atoms with E-state index in [0.29, 0.717) is 0 Å². The van der Waals surface area contributed by atoms with Crippen molar-refractivity contribution in [3.8, 4) is 22.5 Å². The number of hydrogen-bond donors (Lipinski definition) is 2. The molecule has 4 aromatic rings. The standard InChI is InChI=1S/C18H16N4O/c1-11-8-9-13-17(20-18(23)19-13)16(11)15-10-14(21-22(15)2)12-6-4-3-5-7-12/h3-10H,1-2H3,(H2,19,20,23). The number of aryl methyl sites for hydroxylation is 2. The average molecular weight is 304 g/mol. The summed E-state index contributed by atoms with van der Waals surface area (Å²) < 4.78 is 1.86. The fourth-order valence-electron chi connectivity index (χ4n) is 2.99. The zero-order chi connectivity index (χ0) is 16.0. The minimum Gasteiger partial charge on any atom is -0.306 e. The van der Waals surface area contributed by atoms with Crippen molar-refractivity contribution < 1.29 is 0 Å². The molecule has 0 fully saturated rings. The van der Waals surface area contributed by atoms with Gasteiger partial charge in [-0.1, -0.05) is 36.4 Å².